The molecule has 7 heteroatoms. The Hall–Kier alpha value is -3.61. The Morgan fingerprint density at radius 1 is 1.20 bits per heavy atom. The summed E-state index contributed by atoms with van der Waals surface area (Å²) >= 11 is 0. The molecule has 0 saturated carbocycles. The molecule has 6 nitrogen and oxygen atoms in total. The maximum atomic E-state index is 13.6. The number of benzene rings is 2. The number of aliphatic imine (C=N–C) groups is 1. The van der Waals surface area contributed by atoms with Crippen molar-refractivity contribution in [3.05, 3.63) is 81.7 Å². The number of halogens is 1. The van der Waals surface area contributed by atoms with Crippen LogP contribution in [0.1, 0.15) is 23.7 Å². The molecule has 4 aromatic rings. The van der Waals surface area contributed by atoms with E-state index >= 15 is 0 Å². The first-order valence-electron chi connectivity index (χ1n) is 9.71. The van der Waals surface area contributed by atoms with Crippen LogP contribution < -0.4 is 10.3 Å². The van der Waals surface area contributed by atoms with Crippen molar-refractivity contribution in [3.63, 3.8) is 0 Å². The van der Waals surface area contributed by atoms with Crippen molar-refractivity contribution in [2.75, 3.05) is 13.7 Å². The number of aryl methyl sites for hydroxylation is 1. The lowest BCUT2D eigenvalue weighted by Crippen LogP contribution is -2.19. The van der Waals surface area contributed by atoms with E-state index in [0.717, 1.165) is 33.6 Å². The molecule has 4 rings (SSSR count). The van der Waals surface area contributed by atoms with Gasteiger partial charge in [0.05, 0.1) is 18.4 Å². The number of nitrogens with one attached hydrogen (secondary N) is 2. The number of hydrogen-bond donors (Lipinski definition) is 2. The lowest BCUT2D eigenvalue weighted by atomic mass is 10.1. The molecule has 2 aromatic carbocycles. The summed E-state index contributed by atoms with van der Waals surface area (Å²) in [5.41, 5.74) is 4.48. The van der Waals surface area contributed by atoms with Gasteiger partial charge in [-0.25, -0.2) is 9.07 Å². The fraction of sp³-hybridized carbons (Fsp3) is 0.217. The van der Waals surface area contributed by atoms with Gasteiger partial charge in [0.2, 0.25) is 0 Å². The predicted octanol–water partition coefficient (Wildman–Crippen LogP) is 4.15. The van der Waals surface area contributed by atoms with Crippen molar-refractivity contribution < 1.29 is 9.13 Å². The van der Waals surface area contributed by atoms with Crippen LogP contribution in [0.15, 0.2) is 58.4 Å². The molecule has 0 unspecified atom stereocenters. The van der Waals surface area contributed by atoms with Crippen molar-refractivity contribution in [1.29, 1.82) is 0 Å². The third-order valence-electron chi connectivity index (χ3n) is 5.22. The second kappa shape index (κ2) is 8.02. The summed E-state index contributed by atoms with van der Waals surface area (Å²) in [6.07, 6.45) is 2.53. The highest BCUT2D eigenvalue weighted by Crippen LogP contribution is 2.20. The Bertz CT molecular complexity index is 1280. The first-order chi connectivity index (χ1) is 14.5. The second-order valence-corrected chi connectivity index (χ2v) is 7.17. The number of hydrogen-bond acceptors (Lipinski definition) is 3. The lowest BCUT2D eigenvalue weighted by molar-refractivity contribution is 0.414. The van der Waals surface area contributed by atoms with Gasteiger partial charge in [-0.1, -0.05) is 0 Å². The molecular formula is C23H23FN4O2. The molecule has 0 atom stereocenters. The van der Waals surface area contributed by atoms with Gasteiger partial charge in [0.1, 0.15) is 11.6 Å². The molecule has 2 N–H and O–H groups in total. The van der Waals surface area contributed by atoms with Gasteiger partial charge in [0, 0.05) is 35.1 Å². The fourth-order valence-electron chi connectivity index (χ4n) is 3.67. The number of aromatic amines is 2. The number of rotatable bonds is 6. The number of ether oxygens (including phenoxy) is 1. The van der Waals surface area contributed by atoms with Crippen LogP contribution in [0.4, 0.5) is 4.39 Å². The highest BCUT2D eigenvalue weighted by Gasteiger charge is 2.15. The monoisotopic (exact) mass is 406 g/mol. The summed E-state index contributed by atoms with van der Waals surface area (Å²) < 4.78 is 20.2. The molecule has 0 radical (unpaired) electrons. The number of nitrogens with zero attached hydrogens (tertiary/aromatic N) is 2. The van der Waals surface area contributed by atoms with Crippen molar-refractivity contribution in [1.82, 2.24) is 14.8 Å². The van der Waals surface area contributed by atoms with E-state index in [2.05, 4.69) is 15.1 Å². The minimum Gasteiger partial charge on any atom is -0.497 e. The Morgan fingerprint density at radius 3 is 2.70 bits per heavy atom. The smallest absolute Gasteiger partial charge is 0.280 e. The van der Waals surface area contributed by atoms with E-state index < -0.39 is 0 Å². The van der Waals surface area contributed by atoms with Gasteiger partial charge < -0.3 is 9.72 Å². The highest BCUT2D eigenvalue weighted by atomic mass is 19.1. The molecule has 154 valence electrons. The van der Waals surface area contributed by atoms with Crippen LogP contribution in [0.25, 0.3) is 16.6 Å². The zero-order chi connectivity index (χ0) is 21.3. The molecule has 0 aliphatic carbocycles. The first-order valence-corrected chi connectivity index (χ1v) is 9.71. The Morgan fingerprint density at radius 2 is 1.97 bits per heavy atom. The van der Waals surface area contributed by atoms with Gasteiger partial charge in [-0.3, -0.25) is 14.9 Å². The van der Waals surface area contributed by atoms with Gasteiger partial charge in [-0.05, 0) is 68.3 Å². The Labute approximate surface area is 173 Å². The van der Waals surface area contributed by atoms with Crippen LogP contribution in [0, 0.1) is 12.7 Å². The molecule has 0 fully saturated rings. The van der Waals surface area contributed by atoms with E-state index in [9.17, 15) is 9.18 Å². The number of fused-ring (bicyclic) bond motifs is 1. The third kappa shape index (κ3) is 3.66. The summed E-state index contributed by atoms with van der Waals surface area (Å²) in [4.78, 5) is 20.7. The van der Waals surface area contributed by atoms with Gasteiger partial charge in [-0.15, -0.1) is 0 Å². The molecule has 0 amide bonds. The fourth-order valence-corrected chi connectivity index (χ4v) is 3.67. The molecule has 2 aromatic heterocycles. The molecule has 0 saturated heterocycles. The topological polar surface area (TPSA) is 75.2 Å². The zero-order valence-corrected chi connectivity index (χ0v) is 17.1. The largest absolute Gasteiger partial charge is 0.497 e. The summed E-state index contributed by atoms with van der Waals surface area (Å²) in [6.45, 7) is 4.20. The lowest BCUT2D eigenvalue weighted by Gasteiger charge is -2.03. The maximum absolute atomic E-state index is 13.6. The van der Waals surface area contributed by atoms with Gasteiger partial charge in [0.25, 0.3) is 5.56 Å². The SMILES string of the molecule is COc1ccc(-n2[nH]c(C)c(C(C)=NCCc3c[nH]c4ccc(F)cc34)c2=O)cc1. The Kier molecular flexibility index (Phi) is 5.27. The van der Waals surface area contributed by atoms with Crippen molar-refractivity contribution in [3.8, 4) is 11.4 Å². The van der Waals surface area contributed by atoms with E-state index in [0.29, 0.717) is 24.2 Å². The number of aromatic nitrogens is 3. The standard InChI is InChI=1S/C23H23FN4O2/c1-14(25-11-10-16-13-26-21-9-4-17(24)12-20(16)21)22-15(2)27-28(23(22)29)18-5-7-19(30-3)8-6-18/h4-9,12-13,26-27H,10-11H2,1-3H3. The van der Waals surface area contributed by atoms with E-state index in [-0.39, 0.29) is 11.4 Å². The van der Waals surface area contributed by atoms with Gasteiger partial charge in [-0.2, -0.15) is 0 Å². The van der Waals surface area contributed by atoms with Crippen LogP contribution in [-0.2, 0) is 6.42 Å². The molecule has 2 heterocycles. The summed E-state index contributed by atoms with van der Waals surface area (Å²) in [5, 5.41) is 3.98. The molecule has 0 aliphatic rings. The van der Waals surface area contributed by atoms with Crippen molar-refractivity contribution in [2.45, 2.75) is 20.3 Å². The average Bonchev–Trinajstić information content (AvgIpc) is 3.27. The van der Waals surface area contributed by atoms with Gasteiger partial charge in [0.15, 0.2) is 0 Å². The van der Waals surface area contributed by atoms with Gasteiger partial charge >= 0.3 is 0 Å². The molecule has 0 spiro atoms. The summed E-state index contributed by atoms with van der Waals surface area (Å²) in [7, 11) is 1.60. The third-order valence-corrected chi connectivity index (χ3v) is 5.22. The minimum absolute atomic E-state index is 0.145. The highest BCUT2D eigenvalue weighted by molar-refractivity contribution is 5.99. The first kappa shape index (κ1) is 19.7. The van der Waals surface area contributed by atoms with Crippen LogP contribution in [0.3, 0.4) is 0 Å². The number of methoxy groups -OCH3 is 1. The van der Waals surface area contributed by atoms with E-state index in [1.165, 1.54) is 16.8 Å². The predicted molar refractivity (Wildman–Crippen MR) is 117 cm³/mol. The normalized spacial score (nSPS) is 11.9. The molecule has 30 heavy (non-hydrogen) atoms. The summed E-state index contributed by atoms with van der Waals surface area (Å²) in [6, 6.07) is 12.0. The molecular weight excluding hydrogens is 383 g/mol. The van der Waals surface area contributed by atoms with Crippen molar-refractivity contribution >= 4 is 16.6 Å². The van der Waals surface area contributed by atoms with Crippen LogP contribution in [0.5, 0.6) is 5.75 Å². The Balaban J connectivity index is 1.56. The molecule has 0 bridgehead atoms. The summed E-state index contributed by atoms with van der Waals surface area (Å²) in [5.74, 6) is 0.468. The average molecular weight is 406 g/mol. The second-order valence-electron chi connectivity index (χ2n) is 7.17. The van der Waals surface area contributed by atoms with E-state index in [4.69, 9.17) is 4.74 Å². The zero-order valence-electron chi connectivity index (χ0n) is 17.1. The molecule has 0 aliphatic heterocycles. The number of H-pyrrole nitrogens is 2. The van der Waals surface area contributed by atoms with E-state index in [1.54, 1.807) is 13.2 Å². The van der Waals surface area contributed by atoms with Crippen LogP contribution in [-0.4, -0.2) is 34.1 Å². The van der Waals surface area contributed by atoms with Crippen molar-refractivity contribution in [2.24, 2.45) is 4.99 Å². The minimum atomic E-state index is -0.259. The van der Waals surface area contributed by atoms with E-state index in [1.807, 2.05) is 44.3 Å². The van der Waals surface area contributed by atoms with Crippen LogP contribution in [0.2, 0.25) is 0 Å². The van der Waals surface area contributed by atoms with Crippen LogP contribution >= 0.6 is 0 Å². The maximum Gasteiger partial charge on any atom is 0.280 e. The quantitative estimate of drug-likeness (QED) is 0.472.